The maximum atomic E-state index is 7.36. The van der Waals surface area contributed by atoms with Crippen LogP contribution >= 0.6 is 15.9 Å². The summed E-state index contributed by atoms with van der Waals surface area (Å²) in [6, 6.07) is 10.3. The van der Waals surface area contributed by atoms with Crippen LogP contribution in [0.4, 0.5) is 0 Å². The van der Waals surface area contributed by atoms with Gasteiger partial charge in [0.1, 0.15) is 0 Å². The lowest BCUT2D eigenvalue weighted by molar-refractivity contribution is 0.116. The summed E-state index contributed by atoms with van der Waals surface area (Å²) in [7, 11) is 0. The molecule has 1 rings (SSSR count). The third kappa shape index (κ3) is 8.71. The third-order valence-electron chi connectivity index (χ3n) is 2.92. The highest BCUT2D eigenvalue weighted by Gasteiger charge is 1.93. The van der Waals surface area contributed by atoms with Crippen LogP contribution in [-0.4, -0.2) is 11.9 Å². The van der Waals surface area contributed by atoms with Gasteiger partial charge in [0.05, 0.1) is 6.61 Å². The van der Waals surface area contributed by atoms with Gasteiger partial charge in [0.25, 0.3) is 0 Å². The van der Waals surface area contributed by atoms with E-state index in [4.69, 9.17) is 7.48 Å². The van der Waals surface area contributed by atoms with E-state index in [0.29, 0.717) is 13.0 Å². The van der Waals surface area contributed by atoms with Crippen LogP contribution in [0.15, 0.2) is 30.3 Å². The summed E-state index contributed by atoms with van der Waals surface area (Å²) >= 11 is 3.03. The second-order valence-corrected chi connectivity index (χ2v) is 5.10. The molecule has 0 fully saturated rings. The van der Waals surface area contributed by atoms with Gasteiger partial charge in [0.2, 0.25) is 0 Å². The molecule has 0 heterocycles. The van der Waals surface area contributed by atoms with Gasteiger partial charge in [-0.15, -0.1) is 0 Å². The molecule has 1 aromatic rings. The van der Waals surface area contributed by atoms with Crippen molar-refractivity contribution in [2.24, 2.45) is 0 Å². The van der Waals surface area contributed by atoms with E-state index in [1.54, 1.807) is 0 Å². The molecule has 0 spiro atoms. The lowest BCUT2D eigenvalue weighted by atomic mass is 10.1. The molecule has 0 atom stereocenters. The fourth-order valence-electron chi connectivity index (χ4n) is 1.87. The van der Waals surface area contributed by atoms with E-state index in [-0.39, 0.29) is 0 Å². The number of hydrogen-bond acceptors (Lipinski definition) is 1. The average molecular weight is 315 g/mol. The molecule has 0 N–H and O–H groups in total. The fraction of sp³-hybridized carbons (Fsp3) is 0.625. The first-order chi connectivity index (χ1) is 9.58. The zero-order valence-corrected chi connectivity index (χ0v) is 12.6. The molecule has 0 aliphatic carbocycles. The summed E-state index contributed by atoms with van der Waals surface area (Å²) in [6.07, 6.45) is 7.43. The van der Waals surface area contributed by atoms with Crippen molar-refractivity contribution in [1.29, 1.82) is 0 Å². The first-order valence-electron chi connectivity index (χ1n) is 7.88. The van der Waals surface area contributed by atoms with Gasteiger partial charge in [0, 0.05) is 14.6 Å². The van der Waals surface area contributed by atoms with Crippen LogP contribution in [0.5, 0.6) is 0 Å². The fourth-order valence-corrected chi connectivity index (χ4v) is 2.15. The minimum absolute atomic E-state index is 0.604. The van der Waals surface area contributed by atoms with Crippen LogP contribution < -0.4 is 0 Å². The minimum atomic E-state index is -1.18. The van der Waals surface area contributed by atoms with Crippen LogP contribution in [0.3, 0.4) is 0 Å². The number of benzene rings is 1. The van der Waals surface area contributed by atoms with Crippen LogP contribution in [-0.2, 0) is 11.3 Å². The zero-order chi connectivity index (χ0) is 14.7. The Morgan fingerprint density at radius 2 is 1.50 bits per heavy atom. The lowest BCUT2D eigenvalue weighted by Gasteiger charge is -2.04. The summed E-state index contributed by atoms with van der Waals surface area (Å²) in [5.74, 6) is 0. The topological polar surface area (TPSA) is 9.23 Å². The molecule has 2 heteroatoms. The summed E-state index contributed by atoms with van der Waals surface area (Å²) < 4.78 is 20.4. The molecular formula is C16H25BrO. The van der Waals surface area contributed by atoms with Crippen molar-refractivity contribution in [2.45, 2.75) is 51.6 Å². The number of ether oxygens (including phenoxy) is 1. The summed E-state index contributed by atoms with van der Waals surface area (Å²) in [6.45, 7) is 1.54. The van der Waals surface area contributed by atoms with E-state index in [2.05, 4.69) is 28.1 Å². The molecule has 0 radical (unpaired) electrons. The summed E-state index contributed by atoms with van der Waals surface area (Å²) in [4.78, 5) is 0. The van der Waals surface area contributed by atoms with Crippen molar-refractivity contribution < 1.29 is 7.48 Å². The van der Waals surface area contributed by atoms with Crippen LogP contribution in [0.1, 0.15) is 53.3 Å². The second-order valence-electron chi connectivity index (χ2n) is 4.54. The van der Waals surface area contributed by atoms with Gasteiger partial charge in [0.15, 0.2) is 0 Å². The Balaban J connectivity index is 1.83. The van der Waals surface area contributed by atoms with Crippen molar-refractivity contribution in [1.82, 2.24) is 0 Å². The highest BCUT2D eigenvalue weighted by molar-refractivity contribution is 9.09. The quantitative estimate of drug-likeness (QED) is 0.396. The van der Waals surface area contributed by atoms with Gasteiger partial charge in [-0.05, 0) is 18.4 Å². The van der Waals surface area contributed by atoms with Gasteiger partial charge < -0.3 is 4.74 Å². The maximum absolute atomic E-state index is 7.36. The minimum Gasteiger partial charge on any atom is -0.377 e. The van der Waals surface area contributed by atoms with Crippen LogP contribution in [0.25, 0.3) is 0 Å². The number of halogens is 1. The average Bonchev–Trinajstić information content (AvgIpc) is 2.41. The van der Waals surface area contributed by atoms with Crippen LogP contribution in [0.2, 0.25) is 0 Å². The summed E-state index contributed by atoms with van der Waals surface area (Å²) in [5.41, 5.74) is 1.23. The van der Waals surface area contributed by atoms with E-state index in [1.165, 1.54) is 24.8 Å². The maximum Gasteiger partial charge on any atom is 0.0716 e. The van der Waals surface area contributed by atoms with Crippen molar-refractivity contribution in [2.75, 3.05) is 11.9 Å². The molecule has 18 heavy (non-hydrogen) atoms. The Labute approximate surface area is 123 Å². The molecule has 0 unspecified atom stereocenters. The molecule has 102 valence electrons. The monoisotopic (exact) mass is 314 g/mol. The van der Waals surface area contributed by atoms with Gasteiger partial charge in [-0.3, -0.25) is 0 Å². The molecule has 1 aromatic carbocycles. The molecule has 0 amide bonds. The normalized spacial score (nSPS) is 13.2. The number of alkyl halides is 1. The Morgan fingerprint density at radius 3 is 2.17 bits per heavy atom. The SMILES string of the molecule is [2H]C([2H])(Br)CCCCCCCCOCc1ccccc1. The predicted octanol–water partition coefficient (Wildman–Crippen LogP) is 5.33. The molecule has 0 aliphatic heterocycles. The molecular weight excluding hydrogens is 288 g/mol. The molecule has 0 saturated carbocycles. The van der Waals surface area contributed by atoms with E-state index in [9.17, 15) is 0 Å². The number of hydrogen-bond donors (Lipinski definition) is 0. The van der Waals surface area contributed by atoms with E-state index >= 15 is 0 Å². The molecule has 1 nitrogen and oxygen atoms in total. The molecule has 0 aliphatic rings. The van der Waals surface area contributed by atoms with Gasteiger partial charge >= 0.3 is 0 Å². The van der Waals surface area contributed by atoms with Crippen molar-refractivity contribution in [3.05, 3.63) is 35.9 Å². The zero-order valence-electron chi connectivity index (χ0n) is 13.0. The number of unbranched alkanes of at least 4 members (excludes halogenated alkanes) is 5. The smallest absolute Gasteiger partial charge is 0.0716 e. The van der Waals surface area contributed by atoms with Gasteiger partial charge in [-0.2, -0.15) is 0 Å². The lowest BCUT2D eigenvalue weighted by Crippen LogP contribution is -1.95. The Morgan fingerprint density at radius 1 is 0.889 bits per heavy atom. The first-order valence-corrected chi connectivity index (χ1v) is 7.68. The second kappa shape index (κ2) is 11.7. The molecule has 0 aromatic heterocycles. The van der Waals surface area contributed by atoms with E-state index < -0.39 is 5.28 Å². The molecule has 0 bridgehead atoms. The van der Waals surface area contributed by atoms with E-state index in [1.807, 2.05) is 18.2 Å². The standard InChI is InChI=1S/C16H25BrO/c17-13-9-4-2-1-3-5-10-14-18-15-16-11-7-6-8-12-16/h6-8,11-12H,1-5,9-10,13-15H2/i13D2. The van der Waals surface area contributed by atoms with Gasteiger partial charge in [-0.25, -0.2) is 0 Å². The van der Waals surface area contributed by atoms with Crippen molar-refractivity contribution in [3.63, 3.8) is 0 Å². The van der Waals surface area contributed by atoms with Gasteiger partial charge in [-0.1, -0.05) is 78.4 Å². The highest BCUT2D eigenvalue weighted by Crippen LogP contribution is 2.08. The Kier molecular flexibility index (Phi) is 8.27. The largest absolute Gasteiger partial charge is 0.377 e. The van der Waals surface area contributed by atoms with E-state index in [0.717, 1.165) is 25.9 Å². The Bertz CT molecular complexity index is 338. The van der Waals surface area contributed by atoms with Crippen molar-refractivity contribution in [3.8, 4) is 0 Å². The Hall–Kier alpha value is -0.340. The van der Waals surface area contributed by atoms with Crippen molar-refractivity contribution >= 4 is 15.9 Å². The third-order valence-corrected chi connectivity index (χ3v) is 3.32. The molecule has 0 saturated heterocycles. The highest BCUT2D eigenvalue weighted by atomic mass is 79.9. The summed E-state index contributed by atoms with van der Waals surface area (Å²) in [5, 5.41) is -1.18. The first kappa shape index (κ1) is 12.7. The predicted molar refractivity (Wildman–Crippen MR) is 82.2 cm³/mol. The van der Waals surface area contributed by atoms with Crippen LogP contribution in [0, 0.1) is 0 Å². The number of rotatable bonds is 11.